The average molecular weight is 519 g/mol. The highest BCUT2D eigenvalue weighted by molar-refractivity contribution is 7.89. The number of alkyl halides is 3. The van der Waals surface area contributed by atoms with Crippen LogP contribution < -0.4 is 5.32 Å². The summed E-state index contributed by atoms with van der Waals surface area (Å²) in [6.07, 6.45) is -0.482. The lowest BCUT2D eigenvalue weighted by molar-refractivity contribution is -0.137. The van der Waals surface area contributed by atoms with Crippen molar-refractivity contribution in [2.75, 3.05) is 13.1 Å². The summed E-state index contributed by atoms with van der Waals surface area (Å²) >= 11 is 0. The predicted octanol–water partition coefficient (Wildman–Crippen LogP) is 3.52. The fourth-order valence-corrected chi connectivity index (χ4v) is 6.95. The second-order valence-corrected chi connectivity index (χ2v) is 11.3. The van der Waals surface area contributed by atoms with Gasteiger partial charge < -0.3 is 9.88 Å². The molecule has 0 radical (unpaired) electrons. The number of hydrogen-bond acceptors (Lipinski definition) is 4. The van der Waals surface area contributed by atoms with Gasteiger partial charge in [-0.2, -0.15) is 17.5 Å². The normalized spacial score (nSPS) is 19.8. The number of rotatable bonds is 4. The number of nitrogens with zero attached hydrogens (tertiary/aromatic N) is 3. The highest BCUT2D eigenvalue weighted by Gasteiger charge is 2.50. The summed E-state index contributed by atoms with van der Waals surface area (Å²) in [5.41, 5.74) is 0.0205. The van der Waals surface area contributed by atoms with Crippen LogP contribution in [0.2, 0.25) is 0 Å². The Labute approximate surface area is 207 Å². The fraction of sp³-hybridized carbons (Fsp3) is 0.360. The van der Waals surface area contributed by atoms with Crippen molar-refractivity contribution >= 4 is 15.9 Å². The molecule has 1 atom stereocenters. The molecule has 190 valence electrons. The number of carbonyl (C=O) groups is 1. The molecule has 1 aliphatic carbocycles. The number of halogens is 3. The zero-order chi connectivity index (χ0) is 25.7. The zero-order valence-corrected chi connectivity index (χ0v) is 20.3. The molecule has 1 aromatic heterocycles. The molecule has 7 nitrogen and oxygen atoms in total. The van der Waals surface area contributed by atoms with E-state index in [1.807, 2.05) is 24.3 Å². The minimum Gasteiger partial charge on any atom is -0.348 e. The third kappa shape index (κ3) is 4.09. The van der Waals surface area contributed by atoms with Crippen LogP contribution in [-0.4, -0.2) is 47.3 Å². The molecule has 1 saturated heterocycles. The number of amides is 1. The highest BCUT2D eigenvalue weighted by atomic mass is 32.2. The molecule has 1 fully saturated rings. The van der Waals surface area contributed by atoms with Gasteiger partial charge in [0, 0.05) is 37.8 Å². The Morgan fingerprint density at radius 2 is 1.75 bits per heavy atom. The average Bonchev–Trinajstić information content (AvgIpc) is 3.41. The molecule has 36 heavy (non-hydrogen) atoms. The monoisotopic (exact) mass is 518 g/mol. The summed E-state index contributed by atoms with van der Waals surface area (Å²) in [5.74, 6) is -0.788. The van der Waals surface area contributed by atoms with Crippen LogP contribution in [0.1, 0.15) is 39.9 Å². The molecule has 1 spiro atoms. The van der Waals surface area contributed by atoms with Gasteiger partial charge in [-0.1, -0.05) is 36.4 Å². The molecule has 2 aliphatic rings. The number of aromatic nitrogens is 2. The van der Waals surface area contributed by atoms with E-state index in [1.165, 1.54) is 35.0 Å². The highest BCUT2D eigenvalue weighted by Crippen LogP contribution is 2.47. The van der Waals surface area contributed by atoms with Crippen LogP contribution in [0.25, 0.3) is 0 Å². The molecule has 5 rings (SSSR count). The van der Waals surface area contributed by atoms with Gasteiger partial charge in [-0.15, -0.1) is 0 Å². The molecule has 1 amide bonds. The minimum atomic E-state index is -4.66. The van der Waals surface area contributed by atoms with Crippen molar-refractivity contribution in [3.8, 4) is 0 Å². The Hall–Kier alpha value is -3.18. The molecule has 0 unspecified atom stereocenters. The van der Waals surface area contributed by atoms with E-state index in [4.69, 9.17) is 0 Å². The summed E-state index contributed by atoms with van der Waals surface area (Å²) in [7, 11) is -2.09. The number of aryl methyl sites for hydroxylation is 1. The van der Waals surface area contributed by atoms with E-state index in [1.54, 1.807) is 11.6 Å². The van der Waals surface area contributed by atoms with Crippen LogP contribution in [-0.2, 0) is 35.1 Å². The van der Waals surface area contributed by atoms with Gasteiger partial charge in [0.15, 0.2) is 5.03 Å². The van der Waals surface area contributed by atoms with Crippen LogP contribution in [0.4, 0.5) is 13.2 Å². The van der Waals surface area contributed by atoms with E-state index in [-0.39, 0.29) is 18.1 Å². The molecule has 11 heteroatoms. The van der Waals surface area contributed by atoms with E-state index in [0.29, 0.717) is 19.3 Å². The number of hydrogen-bond donors (Lipinski definition) is 1. The number of piperidine rings is 1. The van der Waals surface area contributed by atoms with E-state index >= 15 is 0 Å². The first kappa shape index (κ1) is 24.5. The Balaban J connectivity index is 1.43. The Morgan fingerprint density at radius 1 is 1.08 bits per heavy atom. The van der Waals surface area contributed by atoms with Crippen LogP contribution in [0.5, 0.6) is 0 Å². The van der Waals surface area contributed by atoms with Crippen LogP contribution in [0.3, 0.4) is 0 Å². The first-order valence-corrected chi connectivity index (χ1v) is 13.0. The van der Waals surface area contributed by atoms with Crippen molar-refractivity contribution in [2.24, 2.45) is 7.05 Å². The third-order valence-electron chi connectivity index (χ3n) is 7.33. The van der Waals surface area contributed by atoms with Gasteiger partial charge in [0.25, 0.3) is 15.9 Å². The van der Waals surface area contributed by atoms with E-state index in [2.05, 4.69) is 10.3 Å². The van der Waals surface area contributed by atoms with Crippen molar-refractivity contribution < 1.29 is 26.4 Å². The maximum absolute atomic E-state index is 13.5. The van der Waals surface area contributed by atoms with Crippen molar-refractivity contribution in [1.82, 2.24) is 19.2 Å². The summed E-state index contributed by atoms with van der Waals surface area (Å²) in [4.78, 5) is 17.1. The standard InChI is InChI=1S/C25H25F3N4O3S/c1-31-15-22(29-16-31)36(34,35)32-12-10-24(11-13-32)19-8-4-2-6-17(19)14-21(24)30-23(33)18-7-3-5-9-20(18)25(26,27)28/h2-9,15-16,21H,10-14H2,1H3,(H,30,33)/t21-/m1/s1. The van der Waals surface area contributed by atoms with Gasteiger partial charge in [0.2, 0.25) is 0 Å². The van der Waals surface area contributed by atoms with Crippen LogP contribution in [0.15, 0.2) is 66.1 Å². The predicted molar refractivity (Wildman–Crippen MR) is 126 cm³/mol. The van der Waals surface area contributed by atoms with Gasteiger partial charge in [-0.3, -0.25) is 4.79 Å². The summed E-state index contributed by atoms with van der Waals surface area (Å²) in [5, 5.41) is 2.85. The van der Waals surface area contributed by atoms with Gasteiger partial charge in [-0.05, 0) is 42.5 Å². The third-order valence-corrected chi connectivity index (χ3v) is 9.11. The van der Waals surface area contributed by atoms with Crippen molar-refractivity contribution in [1.29, 1.82) is 0 Å². The summed E-state index contributed by atoms with van der Waals surface area (Å²) in [6, 6.07) is 12.0. The summed E-state index contributed by atoms with van der Waals surface area (Å²) in [6.45, 7) is 0.414. The van der Waals surface area contributed by atoms with E-state index in [0.717, 1.165) is 17.2 Å². The number of nitrogens with one attached hydrogen (secondary N) is 1. The Bertz CT molecular complexity index is 1410. The maximum Gasteiger partial charge on any atom is 0.417 e. The molecule has 0 bridgehead atoms. The van der Waals surface area contributed by atoms with Crippen LogP contribution >= 0.6 is 0 Å². The van der Waals surface area contributed by atoms with Crippen LogP contribution in [0, 0.1) is 0 Å². The molecular formula is C25H25F3N4O3S. The lowest BCUT2D eigenvalue weighted by Gasteiger charge is -2.43. The largest absolute Gasteiger partial charge is 0.417 e. The quantitative estimate of drug-likeness (QED) is 0.573. The fourth-order valence-electron chi connectivity index (χ4n) is 5.54. The number of benzene rings is 2. The summed E-state index contributed by atoms with van der Waals surface area (Å²) < 4.78 is 69.7. The van der Waals surface area contributed by atoms with Gasteiger partial charge in [0.1, 0.15) is 0 Å². The molecule has 2 heterocycles. The van der Waals surface area contributed by atoms with Crippen molar-refractivity contribution in [2.45, 2.75) is 41.9 Å². The van der Waals surface area contributed by atoms with E-state index in [9.17, 15) is 26.4 Å². The SMILES string of the molecule is Cn1cnc(S(=O)(=O)N2CCC3(CC2)c2ccccc2C[C@H]3NC(=O)c2ccccc2C(F)(F)F)c1. The van der Waals surface area contributed by atoms with Crippen molar-refractivity contribution in [3.05, 3.63) is 83.3 Å². The van der Waals surface area contributed by atoms with Gasteiger partial charge >= 0.3 is 6.18 Å². The second-order valence-electron chi connectivity index (χ2n) is 9.37. The number of sulfonamides is 1. The zero-order valence-electron chi connectivity index (χ0n) is 19.5. The molecular weight excluding hydrogens is 493 g/mol. The maximum atomic E-state index is 13.5. The first-order chi connectivity index (χ1) is 17.0. The Morgan fingerprint density at radius 3 is 2.42 bits per heavy atom. The molecule has 1 N–H and O–H groups in total. The first-order valence-electron chi connectivity index (χ1n) is 11.6. The molecule has 1 aliphatic heterocycles. The lowest BCUT2D eigenvalue weighted by Crippen LogP contribution is -2.54. The minimum absolute atomic E-state index is 0.0265. The topological polar surface area (TPSA) is 84.3 Å². The smallest absolute Gasteiger partial charge is 0.348 e. The number of carbonyl (C=O) groups excluding carboxylic acids is 1. The second kappa shape index (κ2) is 8.74. The van der Waals surface area contributed by atoms with Gasteiger partial charge in [0.05, 0.1) is 17.5 Å². The van der Waals surface area contributed by atoms with Gasteiger partial charge in [-0.25, -0.2) is 13.4 Å². The lowest BCUT2D eigenvalue weighted by atomic mass is 9.71. The molecule has 2 aromatic carbocycles. The molecule has 3 aromatic rings. The number of fused-ring (bicyclic) bond motifs is 2. The molecule has 0 saturated carbocycles. The Kier molecular flexibility index (Phi) is 5.95. The van der Waals surface area contributed by atoms with Crippen molar-refractivity contribution in [3.63, 3.8) is 0 Å². The van der Waals surface area contributed by atoms with E-state index < -0.39 is 44.7 Å². The number of imidazole rings is 1.